The van der Waals surface area contributed by atoms with Crippen LogP contribution in [0.1, 0.15) is 26.3 Å². The van der Waals surface area contributed by atoms with E-state index in [1.54, 1.807) is 12.1 Å². The number of hydrogen-bond donors (Lipinski definition) is 1. The average Bonchev–Trinajstić information content (AvgIpc) is 2.27. The van der Waals surface area contributed by atoms with E-state index in [-0.39, 0.29) is 10.8 Å². The lowest BCUT2D eigenvalue weighted by atomic mass is 9.86. The fourth-order valence-corrected chi connectivity index (χ4v) is 2.99. The van der Waals surface area contributed by atoms with Crippen LogP contribution in [0.4, 0.5) is 0 Å². The van der Waals surface area contributed by atoms with E-state index in [9.17, 15) is 4.79 Å². The van der Waals surface area contributed by atoms with Gasteiger partial charge in [0.1, 0.15) is 0 Å². The summed E-state index contributed by atoms with van der Waals surface area (Å²) < 4.78 is 0.748. The van der Waals surface area contributed by atoms with Crippen LogP contribution in [0.25, 0.3) is 10.4 Å². The van der Waals surface area contributed by atoms with E-state index < -0.39 is 0 Å². The quantitative estimate of drug-likeness (QED) is 0.766. The van der Waals surface area contributed by atoms with Crippen molar-refractivity contribution >= 4 is 24.0 Å². The number of hydrogen-bond acceptors (Lipinski definition) is 3. The predicted octanol–water partition coefficient (Wildman–Crippen LogP) is 4.36. The molecule has 0 atom stereocenters. The van der Waals surface area contributed by atoms with Crippen molar-refractivity contribution in [1.29, 1.82) is 0 Å². The van der Waals surface area contributed by atoms with Gasteiger partial charge in [-0.1, -0.05) is 45.0 Å². The van der Waals surface area contributed by atoms with E-state index in [4.69, 9.17) is 0 Å². The zero-order chi connectivity index (χ0) is 13.3. The molecule has 0 saturated carbocycles. The van der Waals surface area contributed by atoms with Crippen LogP contribution < -0.4 is 5.43 Å². The predicted molar refractivity (Wildman–Crippen MR) is 82.0 cm³/mol. The van der Waals surface area contributed by atoms with Crippen molar-refractivity contribution in [3.63, 3.8) is 0 Å². The van der Waals surface area contributed by atoms with Crippen LogP contribution in [0, 0.1) is 0 Å². The molecule has 2 aromatic rings. The lowest BCUT2D eigenvalue weighted by molar-refractivity contribution is 0.590. The second-order valence-corrected chi connectivity index (χ2v) is 7.19. The zero-order valence-electron chi connectivity index (χ0n) is 10.7. The molecule has 1 nitrogen and oxygen atoms in total. The molecule has 0 fully saturated rings. The highest BCUT2D eigenvalue weighted by atomic mass is 32.2. The Morgan fingerprint density at radius 1 is 1.06 bits per heavy atom. The molecule has 0 bridgehead atoms. The van der Waals surface area contributed by atoms with Gasteiger partial charge in [0.25, 0.3) is 0 Å². The van der Waals surface area contributed by atoms with Crippen LogP contribution >= 0.6 is 24.0 Å². The minimum Gasteiger partial charge on any atom is -0.290 e. The van der Waals surface area contributed by atoms with E-state index >= 15 is 0 Å². The number of rotatable bonds is 1. The summed E-state index contributed by atoms with van der Waals surface area (Å²) in [6.07, 6.45) is 0. The monoisotopic (exact) mass is 276 g/mol. The highest BCUT2D eigenvalue weighted by Gasteiger charge is 2.13. The third kappa shape index (κ3) is 3.03. The summed E-state index contributed by atoms with van der Waals surface area (Å²) in [4.78, 5) is 12.4. The molecule has 0 saturated heterocycles. The normalized spacial score (nSPS) is 11.6. The number of benzene rings is 1. The Morgan fingerprint density at radius 2 is 1.67 bits per heavy atom. The molecule has 0 N–H and O–H groups in total. The molecule has 3 heteroatoms. The first kappa shape index (κ1) is 13.4. The first-order valence-corrected chi connectivity index (χ1v) is 7.08. The maximum absolute atomic E-state index is 11.5. The summed E-state index contributed by atoms with van der Waals surface area (Å²) in [5, 5.41) is 0. The Kier molecular flexibility index (Phi) is 3.64. The highest BCUT2D eigenvalue weighted by molar-refractivity contribution is 7.82. The van der Waals surface area contributed by atoms with Gasteiger partial charge in [-0.2, -0.15) is 0 Å². The summed E-state index contributed by atoms with van der Waals surface area (Å²) in [7, 11) is 0. The van der Waals surface area contributed by atoms with Crippen molar-refractivity contribution < 1.29 is 0 Å². The van der Waals surface area contributed by atoms with Crippen LogP contribution in [0.3, 0.4) is 0 Å². The molecular weight excluding hydrogens is 260 g/mol. The van der Waals surface area contributed by atoms with Crippen molar-refractivity contribution in [2.75, 3.05) is 0 Å². The molecule has 0 unspecified atom stereocenters. The molecule has 0 radical (unpaired) electrons. The molecule has 1 aromatic heterocycles. The van der Waals surface area contributed by atoms with E-state index in [1.165, 1.54) is 16.9 Å². The number of thiol groups is 1. The summed E-state index contributed by atoms with van der Waals surface area (Å²) in [6, 6.07) is 11.6. The Bertz CT molecular complexity index is 604. The molecule has 18 heavy (non-hydrogen) atoms. The summed E-state index contributed by atoms with van der Waals surface area (Å²) in [5.41, 5.74) is 2.52. The van der Waals surface area contributed by atoms with E-state index in [2.05, 4.69) is 57.7 Å². The largest absolute Gasteiger partial charge is 0.290 e. The minimum atomic E-state index is 0.00801. The Balaban J connectivity index is 2.43. The molecule has 0 amide bonds. The second-order valence-electron chi connectivity index (χ2n) is 5.32. The van der Waals surface area contributed by atoms with E-state index in [0.717, 1.165) is 14.6 Å². The summed E-state index contributed by atoms with van der Waals surface area (Å²) in [5.74, 6) is 0. The Morgan fingerprint density at radius 3 is 2.17 bits per heavy atom. The lowest BCUT2D eigenvalue weighted by Crippen LogP contribution is -2.10. The smallest absolute Gasteiger partial charge is 0.181 e. The average molecular weight is 276 g/mol. The van der Waals surface area contributed by atoms with Crippen LogP contribution in [0.15, 0.2) is 45.4 Å². The zero-order valence-corrected chi connectivity index (χ0v) is 12.4. The molecule has 1 heterocycles. The molecule has 94 valence electrons. The SMILES string of the molecule is CC(C)(C)c1ccc(-c2cc(=O)cc(S)s2)cc1. The van der Waals surface area contributed by atoms with Crippen molar-refractivity contribution in [3.8, 4) is 10.4 Å². The summed E-state index contributed by atoms with van der Waals surface area (Å²) >= 11 is 5.78. The van der Waals surface area contributed by atoms with Gasteiger partial charge in [-0.25, -0.2) is 0 Å². The van der Waals surface area contributed by atoms with Crippen molar-refractivity contribution in [2.45, 2.75) is 30.4 Å². The van der Waals surface area contributed by atoms with Gasteiger partial charge >= 0.3 is 0 Å². The molecule has 2 rings (SSSR count). The van der Waals surface area contributed by atoms with Gasteiger partial charge in [0, 0.05) is 17.0 Å². The van der Waals surface area contributed by atoms with Crippen LogP contribution in [0.2, 0.25) is 0 Å². The van der Waals surface area contributed by atoms with Gasteiger partial charge < -0.3 is 0 Å². The molecular formula is C15H16OS2. The molecule has 0 aliphatic rings. The van der Waals surface area contributed by atoms with Gasteiger partial charge in [0.05, 0.1) is 4.21 Å². The van der Waals surface area contributed by atoms with Gasteiger partial charge in [-0.15, -0.1) is 24.0 Å². The van der Waals surface area contributed by atoms with Crippen molar-refractivity contribution in [2.24, 2.45) is 0 Å². The Labute approximate surface area is 117 Å². The van der Waals surface area contributed by atoms with E-state index in [0.29, 0.717) is 0 Å². The van der Waals surface area contributed by atoms with Gasteiger partial charge in [-0.05, 0) is 16.5 Å². The van der Waals surface area contributed by atoms with Crippen molar-refractivity contribution in [3.05, 3.63) is 52.2 Å². The van der Waals surface area contributed by atoms with Crippen LogP contribution in [0.5, 0.6) is 0 Å². The van der Waals surface area contributed by atoms with Gasteiger partial charge in [-0.3, -0.25) is 4.79 Å². The van der Waals surface area contributed by atoms with Crippen LogP contribution in [-0.4, -0.2) is 0 Å². The van der Waals surface area contributed by atoms with Gasteiger partial charge in [0.2, 0.25) is 0 Å². The molecule has 0 spiro atoms. The molecule has 0 aliphatic carbocycles. The maximum atomic E-state index is 11.5. The maximum Gasteiger partial charge on any atom is 0.181 e. The first-order valence-electron chi connectivity index (χ1n) is 5.81. The third-order valence-electron chi connectivity index (χ3n) is 2.79. The van der Waals surface area contributed by atoms with Crippen molar-refractivity contribution in [1.82, 2.24) is 0 Å². The van der Waals surface area contributed by atoms with Gasteiger partial charge in [0.15, 0.2) is 5.43 Å². The van der Waals surface area contributed by atoms with E-state index in [1.807, 2.05) is 0 Å². The standard InChI is InChI=1S/C15H16OS2/c1-15(2,3)11-6-4-10(5-7-11)13-8-12(16)9-14(17)18-13/h4-9,17H,1-3H3. The third-order valence-corrected chi connectivity index (χ3v) is 4.09. The fourth-order valence-electron chi connectivity index (χ4n) is 1.74. The van der Waals surface area contributed by atoms with Crippen LogP contribution in [-0.2, 0) is 5.41 Å². The summed E-state index contributed by atoms with van der Waals surface area (Å²) in [6.45, 7) is 6.57. The minimum absolute atomic E-state index is 0.00801. The molecule has 1 aromatic carbocycles. The first-order chi connectivity index (χ1) is 8.36. The Hall–Kier alpha value is -1.06. The second kappa shape index (κ2) is 4.90. The topological polar surface area (TPSA) is 17.1 Å². The lowest BCUT2D eigenvalue weighted by Gasteiger charge is -2.19. The highest BCUT2D eigenvalue weighted by Crippen LogP contribution is 2.29. The fraction of sp³-hybridized carbons (Fsp3) is 0.267. The molecule has 0 aliphatic heterocycles.